The minimum absolute atomic E-state index is 0.112. The quantitative estimate of drug-likeness (QED) is 0.516. The number of benzene rings is 2. The monoisotopic (exact) mass is 398 g/mol. The number of ether oxygens (including phenoxy) is 1. The van der Waals surface area contributed by atoms with Crippen molar-refractivity contribution >= 4 is 23.3 Å². The van der Waals surface area contributed by atoms with Gasteiger partial charge in [0, 0.05) is 16.3 Å². The molecular weight excluding hydrogens is 376 g/mol. The first-order valence-electron chi connectivity index (χ1n) is 9.11. The van der Waals surface area contributed by atoms with Gasteiger partial charge in [-0.2, -0.15) is 0 Å². The number of allylic oxidation sites excluding steroid dienone is 1. The summed E-state index contributed by atoms with van der Waals surface area (Å²) in [5, 5.41) is 17.7. The molecular formula is C22H23ClN2O3. The van der Waals surface area contributed by atoms with Crippen LogP contribution in [0.4, 0.5) is 0 Å². The fourth-order valence-corrected chi connectivity index (χ4v) is 3.31. The van der Waals surface area contributed by atoms with Gasteiger partial charge in [0.15, 0.2) is 0 Å². The number of nitrogens with one attached hydrogen (secondary N) is 2. The minimum Gasteiger partial charge on any atom is -0.508 e. The first kappa shape index (κ1) is 20.0. The van der Waals surface area contributed by atoms with Crippen LogP contribution in [-0.2, 0) is 9.53 Å². The van der Waals surface area contributed by atoms with Crippen molar-refractivity contribution in [3.05, 3.63) is 88.1 Å². The Balaban J connectivity index is 1.93. The smallest absolute Gasteiger partial charge is 0.337 e. The summed E-state index contributed by atoms with van der Waals surface area (Å²) in [6.07, 6.45) is 1.30. The molecule has 2 unspecified atom stereocenters. The lowest BCUT2D eigenvalue weighted by molar-refractivity contribution is -0.139. The van der Waals surface area contributed by atoms with Crippen LogP contribution in [0, 0.1) is 0 Å². The minimum atomic E-state index is -0.376. The molecule has 0 spiro atoms. The molecule has 0 saturated heterocycles. The summed E-state index contributed by atoms with van der Waals surface area (Å²) in [6.45, 7) is 3.92. The van der Waals surface area contributed by atoms with Crippen molar-refractivity contribution in [3.8, 4) is 0 Å². The van der Waals surface area contributed by atoms with Gasteiger partial charge >= 0.3 is 5.97 Å². The van der Waals surface area contributed by atoms with Crippen molar-refractivity contribution in [2.24, 2.45) is 0 Å². The van der Waals surface area contributed by atoms with Crippen molar-refractivity contribution in [3.63, 3.8) is 0 Å². The SMILES string of the molecule is CCOC(=O)C1=C(C)NC(/C=C(\O)c2ccc(Cl)cc2)NC1c1ccccc1. The highest BCUT2D eigenvalue weighted by molar-refractivity contribution is 6.30. The van der Waals surface area contributed by atoms with Gasteiger partial charge in [0.05, 0.1) is 18.2 Å². The lowest BCUT2D eigenvalue weighted by atomic mass is 9.94. The Morgan fingerprint density at radius 1 is 1.18 bits per heavy atom. The molecule has 0 aliphatic carbocycles. The summed E-state index contributed by atoms with van der Waals surface area (Å²) < 4.78 is 5.25. The van der Waals surface area contributed by atoms with E-state index >= 15 is 0 Å². The number of esters is 1. The summed E-state index contributed by atoms with van der Waals surface area (Å²) in [4.78, 5) is 12.5. The Kier molecular flexibility index (Phi) is 6.39. The molecule has 3 N–H and O–H groups in total. The van der Waals surface area contributed by atoms with E-state index in [1.807, 2.05) is 37.3 Å². The predicted octanol–water partition coefficient (Wildman–Crippen LogP) is 4.34. The second-order valence-corrected chi connectivity index (χ2v) is 6.89. The molecule has 146 valence electrons. The highest BCUT2D eigenvalue weighted by Gasteiger charge is 2.32. The second kappa shape index (κ2) is 8.95. The molecule has 1 aliphatic heterocycles. The highest BCUT2D eigenvalue weighted by Crippen LogP contribution is 2.29. The van der Waals surface area contributed by atoms with Crippen LogP contribution in [0.3, 0.4) is 0 Å². The third-order valence-corrected chi connectivity index (χ3v) is 4.76. The molecule has 0 bridgehead atoms. The molecule has 0 fully saturated rings. The maximum atomic E-state index is 12.5. The summed E-state index contributed by atoms with van der Waals surface area (Å²) in [5.41, 5.74) is 2.83. The lowest BCUT2D eigenvalue weighted by Crippen LogP contribution is -2.49. The molecule has 1 aliphatic rings. The van der Waals surface area contributed by atoms with E-state index in [1.54, 1.807) is 37.3 Å². The Morgan fingerprint density at radius 3 is 2.50 bits per heavy atom. The molecule has 3 rings (SSSR count). The molecule has 5 nitrogen and oxygen atoms in total. The van der Waals surface area contributed by atoms with E-state index in [9.17, 15) is 9.90 Å². The Labute approximate surface area is 169 Å². The standard InChI is InChI=1S/C22H23ClN2O3/c1-3-28-22(27)20-14(2)24-19(25-21(20)16-7-5-4-6-8-16)13-18(26)15-9-11-17(23)12-10-15/h4-13,19,21,24-26H,3H2,1-2H3/b18-13-. The zero-order valence-corrected chi connectivity index (χ0v) is 16.5. The van der Waals surface area contributed by atoms with Gasteiger partial charge in [-0.15, -0.1) is 0 Å². The van der Waals surface area contributed by atoms with Gasteiger partial charge in [0.25, 0.3) is 0 Å². The molecule has 1 heterocycles. The second-order valence-electron chi connectivity index (χ2n) is 6.45. The molecule has 0 aromatic heterocycles. The van der Waals surface area contributed by atoms with Gasteiger partial charge in [-0.1, -0.05) is 41.9 Å². The summed E-state index contributed by atoms with van der Waals surface area (Å²) >= 11 is 5.91. The van der Waals surface area contributed by atoms with Crippen LogP contribution in [0.5, 0.6) is 0 Å². The summed E-state index contributed by atoms with van der Waals surface area (Å²) in [6, 6.07) is 16.3. The van der Waals surface area contributed by atoms with E-state index in [4.69, 9.17) is 16.3 Å². The maximum Gasteiger partial charge on any atom is 0.337 e. The van der Waals surface area contributed by atoms with Crippen LogP contribution < -0.4 is 10.6 Å². The number of hydrogen-bond donors (Lipinski definition) is 3. The largest absolute Gasteiger partial charge is 0.508 e. The molecule has 6 heteroatoms. The molecule has 2 aromatic rings. The van der Waals surface area contributed by atoms with Gasteiger partial charge in [0.1, 0.15) is 11.9 Å². The number of aliphatic hydroxyl groups is 1. The van der Waals surface area contributed by atoms with Crippen molar-refractivity contribution < 1.29 is 14.6 Å². The number of halogens is 1. The third kappa shape index (κ3) is 4.55. The van der Waals surface area contributed by atoms with Gasteiger partial charge in [-0.3, -0.25) is 5.32 Å². The fraction of sp³-hybridized carbons (Fsp3) is 0.227. The average molecular weight is 399 g/mol. The van der Waals surface area contributed by atoms with E-state index < -0.39 is 0 Å². The van der Waals surface area contributed by atoms with E-state index in [0.29, 0.717) is 28.5 Å². The normalized spacial score (nSPS) is 19.9. The van der Waals surface area contributed by atoms with Gasteiger partial charge in [-0.25, -0.2) is 4.79 Å². The third-order valence-electron chi connectivity index (χ3n) is 4.50. The molecule has 0 radical (unpaired) electrons. The number of rotatable bonds is 5. The first-order chi connectivity index (χ1) is 13.5. The number of hydrogen-bond acceptors (Lipinski definition) is 5. The Bertz CT molecular complexity index is 892. The average Bonchev–Trinajstić information content (AvgIpc) is 2.68. The lowest BCUT2D eigenvalue weighted by Gasteiger charge is -2.34. The fourth-order valence-electron chi connectivity index (χ4n) is 3.18. The van der Waals surface area contributed by atoms with Crippen LogP contribution in [-0.4, -0.2) is 23.8 Å². The van der Waals surface area contributed by atoms with E-state index in [2.05, 4.69) is 10.6 Å². The van der Waals surface area contributed by atoms with Crippen molar-refractivity contribution in [2.75, 3.05) is 6.61 Å². The van der Waals surface area contributed by atoms with Crippen LogP contribution in [0.15, 0.2) is 71.9 Å². The molecule has 0 amide bonds. The topological polar surface area (TPSA) is 70.6 Å². The predicted molar refractivity (Wildman–Crippen MR) is 111 cm³/mol. The summed E-state index contributed by atoms with van der Waals surface area (Å²) in [7, 11) is 0. The van der Waals surface area contributed by atoms with Gasteiger partial charge in [-0.05, 0) is 49.8 Å². The molecule has 28 heavy (non-hydrogen) atoms. The van der Waals surface area contributed by atoms with Crippen molar-refractivity contribution in [1.29, 1.82) is 0 Å². The van der Waals surface area contributed by atoms with Gasteiger partial charge < -0.3 is 15.2 Å². The first-order valence-corrected chi connectivity index (χ1v) is 9.49. The number of carbonyl (C=O) groups excluding carboxylic acids is 1. The highest BCUT2D eigenvalue weighted by atomic mass is 35.5. The van der Waals surface area contributed by atoms with E-state index in [1.165, 1.54) is 0 Å². The zero-order chi connectivity index (χ0) is 20.1. The van der Waals surface area contributed by atoms with Crippen molar-refractivity contribution in [2.45, 2.75) is 26.1 Å². The Hall–Kier alpha value is -2.76. The van der Waals surface area contributed by atoms with Crippen LogP contribution >= 0.6 is 11.6 Å². The van der Waals surface area contributed by atoms with E-state index in [-0.39, 0.29) is 23.9 Å². The van der Waals surface area contributed by atoms with E-state index in [0.717, 1.165) is 5.56 Å². The van der Waals surface area contributed by atoms with Crippen molar-refractivity contribution in [1.82, 2.24) is 10.6 Å². The zero-order valence-electron chi connectivity index (χ0n) is 15.8. The number of aliphatic hydroxyl groups excluding tert-OH is 1. The van der Waals surface area contributed by atoms with Gasteiger partial charge in [0.2, 0.25) is 0 Å². The Morgan fingerprint density at radius 2 is 1.86 bits per heavy atom. The molecule has 0 saturated carbocycles. The molecule has 2 atom stereocenters. The maximum absolute atomic E-state index is 12.5. The van der Waals surface area contributed by atoms with Crippen LogP contribution in [0.25, 0.3) is 5.76 Å². The van der Waals surface area contributed by atoms with Crippen LogP contribution in [0.1, 0.15) is 31.0 Å². The summed E-state index contributed by atoms with van der Waals surface area (Å²) in [5.74, 6) is -0.251. The van der Waals surface area contributed by atoms with Crippen LogP contribution in [0.2, 0.25) is 5.02 Å². The molecule has 2 aromatic carbocycles. The number of carbonyl (C=O) groups is 1.